The third kappa shape index (κ3) is 5.78. The van der Waals surface area contributed by atoms with Crippen molar-refractivity contribution in [1.29, 1.82) is 0 Å². The van der Waals surface area contributed by atoms with Crippen LogP contribution in [0.1, 0.15) is 58.2 Å². The van der Waals surface area contributed by atoms with Gasteiger partial charge in [0.25, 0.3) is 0 Å². The van der Waals surface area contributed by atoms with Crippen LogP contribution in [0.25, 0.3) is 95.0 Å². The Morgan fingerprint density at radius 2 is 1.01 bits per heavy atom. The van der Waals surface area contributed by atoms with E-state index in [4.69, 9.17) is 4.74 Å². The molecule has 1 spiro atoms. The van der Waals surface area contributed by atoms with Crippen LogP contribution in [0.2, 0.25) is 0 Å². The zero-order chi connectivity index (χ0) is 45.4. The first-order valence-corrected chi connectivity index (χ1v) is 23.6. The monoisotopic (exact) mass is 865 g/mol. The van der Waals surface area contributed by atoms with Gasteiger partial charge in [0.05, 0.1) is 5.56 Å². The number of hydrogen-bond acceptors (Lipinski definition) is 1. The molecule has 8 aromatic carbocycles. The molecule has 0 aliphatic carbocycles. The Morgan fingerprint density at radius 3 is 1.72 bits per heavy atom. The van der Waals surface area contributed by atoms with Gasteiger partial charge in [0.15, 0.2) is 17.2 Å². The summed E-state index contributed by atoms with van der Waals surface area (Å²) in [6.45, 7) is 13.8. The Morgan fingerprint density at radius 1 is 0.433 bits per heavy atom. The van der Waals surface area contributed by atoms with Crippen LogP contribution in [0.15, 0.2) is 200 Å². The molecule has 3 aliphatic rings. The van der Waals surface area contributed by atoms with E-state index in [1.807, 2.05) is 0 Å². The normalized spacial score (nSPS) is 15.2. The zero-order valence-corrected chi connectivity index (χ0v) is 38.8. The van der Waals surface area contributed by atoms with Crippen molar-refractivity contribution in [3.05, 3.63) is 217 Å². The molecule has 10 aromatic rings. The van der Waals surface area contributed by atoms with Crippen molar-refractivity contribution in [2.75, 3.05) is 0 Å². The first-order chi connectivity index (χ1) is 32.5. The largest absolute Gasteiger partial charge is 0.499 e. The number of hydrogen-bond donors (Lipinski definition) is 0. The molecule has 0 N–H and O–H groups in total. The van der Waals surface area contributed by atoms with Crippen LogP contribution in [0.3, 0.4) is 0 Å². The lowest BCUT2D eigenvalue weighted by atomic mass is 9.83. The molecule has 0 saturated carbocycles. The summed E-state index contributed by atoms with van der Waals surface area (Å²) in [4.78, 5) is 0. The van der Waals surface area contributed by atoms with E-state index in [9.17, 15) is 0 Å². The Balaban J connectivity index is 1.12. The van der Waals surface area contributed by atoms with Crippen molar-refractivity contribution in [3.8, 4) is 89.7 Å². The second-order valence-corrected chi connectivity index (χ2v) is 20.6. The molecular formula is C63H51N3O+2. The number of nitrogens with zero attached hydrogens (tertiary/aromatic N) is 3. The summed E-state index contributed by atoms with van der Waals surface area (Å²) < 4.78 is 15.2. The molecule has 0 amide bonds. The molecule has 67 heavy (non-hydrogen) atoms. The average Bonchev–Trinajstić information content (AvgIpc) is 3.85. The van der Waals surface area contributed by atoms with Gasteiger partial charge in [-0.1, -0.05) is 175 Å². The van der Waals surface area contributed by atoms with Gasteiger partial charge in [-0.3, -0.25) is 0 Å². The van der Waals surface area contributed by atoms with E-state index < -0.39 is 5.85 Å². The quantitative estimate of drug-likeness (QED) is 0.158. The topological polar surface area (TPSA) is 21.9 Å². The minimum absolute atomic E-state index is 0.0435. The molecule has 0 fully saturated rings. The van der Waals surface area contributed by atoms with E-state index >= 15 is 0 Å². The smallest absolute Gasteiger partial charge is 0.392 e. The highest BCUT2D eigenvalue weighted by atomic mass is 16.5. The van der Waals surface area contributed by atoms with E-state index in [2.05, 4.69) is 256 Å². The second-order valence-electron chi connectivity index (χ2n) is 20.6. The SMILES string of the molecule is CC(C)(C)c1ccc(-c2cc(C(C)(C)C)ccc2-n2c3[n+]4c5c(cccc52)-c2cc(-c5ccccc5)cc5c2C4(Oc2ccccc2-3)[n+]2ccc(-c3ccc(-c4ccccc4)cc3)cc2-5)cc1. The van der Waals surface area contributed by atoms with Crippen molar-refractivity contribution < 1.29 is 13.9 Å². The van der Waals surface area contributed by atoms with Gasteiger partial charge in [0, 0.05) is 28.8 Å². The second kappa shape index (κ2) is 14.1. The highest BCUT2D eigenvalue weighted by molar-refractivity contribution is 5.99. The van der Waals surface area contributed by atoms with Crippen molar-refractivity contribution in [2.24, 2.45) is 0 Å². The number of ether oxygens (including phenoxy) is 1. The van der Waals surface area contributed by atoms with Gasteiger partial charge in [-0.2, -0.15) is 4.57 Å². The summed E-state index contributed by atoms with van der Waals surface area (Å²) in [5, 5.41) is 0. The van der Waals surface area contributed by atoms with Crippen LogP contribution in [-0.4, -0.2) is 4.57 Å². The Bertz CT molecular complexity index is 3640. The molecular weight excluding hydrogens is 815 g/mol. The summed E-state index contributed by atoms with van der Waals surface area (Å²) in [5.74, 6) is 0.874. The standard InChI is InChI=1S/C63H51N3O/c1-61(2,3)47-30-28-44(29-31-47)51-39-48(62(4,5)6)32-33-54(51)65-55-22-15-21-49-52-36-46(41-18-11-8-12-19-41)37-53-56-38-45(43-26-24-42(25-27-43)40-16-9-7-10-17-40)34-35-64(56)63(58(52)53)66(59(49)55)60(65)50-20-13-14-23-57(50)67-63/h7-39H,1-6H3/q+2. The Kier molecular flexibility index (Phi) is 8.32. The fraction of sp³-hybridized carbons (Fsp3) is 0.143. The molecule has 1 unspecified atom stereocenters. The van der Waals surface area contributed by atoms with E-state index in [0.29, 0.717) is 0 Å². The summed E-state index contributed by atoms with van der Waals surface area (Å²) >= 11 is 0. The van der Waals surface area contributed by atoms with Gasteiger partial charge in [0.1, 0.15) is 22.6 Å². The summed E-state index contributed by atoms with van der Waals surface area (Å²) in [5.41, 5.74) is 22.4. The highest BCUT2D eigenvalue weighted by Gasteiger charge is 2.68. The molecule has 2 aromatic heterocycles. The third-order valence-electron chi connectivity index (χ3n) is 14.5. The fourth-order valence-electron chi connectivity index (χ4n) is 11.1. The molecule has 0 bridgehead atoms. The molecule has 322 valence electrons. The Labute approximate surface area is 392 Å². The molecule has 0 saturated heterocycles. The van der Waals surface area contributed by atoms with Crippen molar-refractivity contribution >= 4 is 11.0 Å². The van der Waals surface area contributed by atoms with Gasteiger partial charge in [0.2, 0.25) is 5.69 Å². The van der Waals surface area contributed by atoms with Crippen molar-refractivity contribution in [3.63, 3.8) is 0 Å². The van der Waals surface area contributed by atoms with Crippen LogP contribution in [0.5, 0.6) is 5.75 Å². The third-order valence-corrected chi connectivity index (χ3v) is 14.5. The highest BCUT2D eigenvalue weighted by Crippen LogP contribution is 2.54. The van der Waals surface area contributed by atoms with Gasteiger partial charge in [-0.05, 0) is 109 Å². The fourth-order valence-corrected chi connectivity index (χ4v) is 11.1. The summed E-state index contributed by atoms with van der Waals surface area (Å²) in [7, 11) is 0. The molecule has 4 heteroatoms. The zero-order valence-electron chi connectivity index (χ0n) is 38.8. The number of benzene rings is 8. The van der Waals surface area contributed by atoms with Crippen LogP contribution in [-0.2, 0) is 16.7 Å². The molecule has 1 atom stereocenters. The maximum Gasteiger partial charge on any atom is 0.499 e. The summed E-state index contributed by atoms with van der Waals surface area (Å²) in [6, 6.07) is 71.7. The first kappa shape index (κ1) is 39.5. The predicted molar refractivity (Wildman–Crippen MR) is 272 cm³/mol. The number of imidazole rings is 1. The minimum atomic E-state index is -1.06. The van der Waals surface area contributed by atoms with Crippen molar-refractivity contribution in [1.82, 2.24) is 4.57 Å². The first-order valence-electron chi connectivity index (χ1n) is 23.6. The van der Waals surface area contributed by atoms with Gasteiger partial charge >= 0.3 is 11.7 Å². The number of rotatable bonds is 5. The van der Waals surface area contributed by atoms with Gasteiger partial charge in [-0.25, -0.2) is 0 Å². The Hall–Kier alpha value is -7.82. The van der Waals surface area contributed by atoms with Crippen LogP contribution in [0, 0.1) is 0 Å². The van der Waals surface area contributed by atoms with E-state index in [1.165, 1.54) is 66.8 Å². The van der Waals surface area contributed by atoms with Crippen LogP contribution >= 0.6 is 0 Å². The lowest BCUT2D eigenvalue weighted by Gasteiger charge is -2.32. The maximum atomic E-state index is 7.74. The minimum Gasteiger partial charge on any atom is -0.392 e. The molecule has 4 nitrogen and oxygen atoms in total. The van der Waals surface area contributed by atoms with Crippen LogP contribution in [0.4, 0.5) is 0 Å². The number of fused-ring (bicyclic) bond motifs is 5. The molecule has 5 heterocycles. The van der Waals surface area contributed by atoms with E-state index in [1.54, 1.807) is 0 Å². The number of pyridine rings is 1. The number of aromatic nitrogens is 3. The van der Waals surface area contributed by atoms with Gasteiger partial charge < -0.3 is 4.74 Å². The van der Waals surface area contributed by atoms with Crippen LogP contribution < -0.4 is 13.9 Å². The van der Waals surface area contributed by atoms with E-state index in [-0.39, 0.29) is 10.8 Å². The predicted octanol–water partition coefficient (Wildman–Crippen LogP) is 14.7. The molecule has 0 radical (unpaired) electrons. The maximum absolute atomic E-state index is 7.74. The van der Waals surface area contributed by atoms with Gasteiger partial charge in [-0.15, -0.1) is 9.13 Å². The van der Waals surface area contributed by atoms with Crippen molar-refractivity contribution in [2.45, 2.75) is 58.2 Å². The lowest BCUT2D eigenvalue weighted by molar-refractivity contribution is -0.997. The summed E-state index contributed by atoms with van der Waals surface area (Å²) in [6.07, 6.45) is 2.27. The molecule has 3 aliphatic heterocycles. The van der Waals surface area contributed by atoms with E-state index in [0.717, 1.165) is 50.7 Å². The molecule has 13 rings (SSSR count). The lowest BCUT2D eigenvalue weighted by Crippen LogP contribution is -2.78. The average molecular weight is 866 g/mol. The number of para-hydroxylation sites is 2.